The molecule has 0 saturated carbocycles. The Balaban J connectivity index is 1.15. The normalized spacial score (nSPS) is 12.9. The van der Waals surface area contributed by atoms with E-state index in [4.69, 9.17) is 16.6 Å². The number of amides is 5. The molecule has 26 nitrogen and oxygen atoms in total. The Labute approximate surface area is 456 Å². The number of rotatable bonds is 34. The number of aliphatic carboxylic acids is 5. The number of aromatic nitrogens is 2. The molecule has 0 aliphatic rings. The number of unbranched alkanes of at least 4 members (excludes halogenated alkanes) is 2. The number of carboxylic acid groups (broad SMARTS) is 5. The summed E-state index contributed by atoms with van der Waals surface area (Å²) >= 11 is 0. The quantitative estimate of drug-likeness (QED) is 0.0293. The summed E-state index contributed by atoms with van der Waals surface area (Å²) in [5, 5.41) is 63.8. The zero-order chi connectivity index (χ0) is 59.2. The highest BCUT2D eigenvalue weighted by molar-refractivity contribution is 6.06. The van der Waals surface area contributed by atoms with E-state index in [1.807, 2.05) is 6.07 Å². The van der Waals surface area contributed by atoms with Gasteiger partial charge in [-0.25, -0.2) is 18.8 Å². The topological polar surface area (TPSA) is 436 Å². The fourth-order valence-electron chi connectivity index (χ4n) is 8.31. The number of anilines is 3. The van der Waals surface area contributed by atoms with Crippen LogP contribution in [-0.4, -0.2) is 131 Å². The van der Waals surface area contributed by atoms with Gasteiger partial charge in [-0.1, -0.05) is 36.8 Å². The van der Waals surface area contributed by atoms with Gasteiger partial charge in [0.2, 0.25) is 23.6 Å². The number of halogens is 1. The molecule has 4 rings (SSSR count). The van der Waals surface area contributed by atoms with E-state index in [0.717, 1.165) is 11.1 Å². The third-order valence-electron chi connectivity index (χ3n) is 12.7. The molecular weight excluding hydrogens is 1050 g/mol. The van der Waals surface area contributed by atoms with Crippen molar-refractivity contribution in [3.8, 4) is 11.1 Å². The highest BCUT2D eigenvalue weighted by atomic mass is 19.1. The molecule has 0 aliphatic carbocycles. The van der Waals surface area contributed by atoms with Crippen LogP contribution in [0.4, 0.5) is 26.4 Å². The van der Waals surface area contributed by atoms with Gasteiger partial charge in [-0.3, -0.25) is 43.2 Å². The number of carbonyl (C=O) groups excluding carboxylic acids is 7. The fraction of sp³-hybridized carbons (Fsp3) is 0.415. The minimum absolute atomic E-state index is 0.0348. The van der Waals surface area contributed by atoms with Crippen LogP contribution in [0.2, 0.25) is 0 Å². The van der Waals surface area contributed by atoms with E-state index in [1.165, 1.54) is 16.8 Å². The number of hydrogen-bond acceptors (Lipinski definition) is 15. The molecule has 27 heteroatoms. The summed E-state index contributed by atoms with van der Waals surface area (Å²) in [5.74, 6) is -15.0. The van der Waals surface area contributed by atoms with Gasteiger partial charge in [0.05, 0.1) is 34.5 Å². The molecule has 5 atom stereocenters. The second kappa shape index (κ2) is 30.7. The first kappa shape index (κ1) is 63.4. The number of benzene rings is 3. The molecule has 0 saturated heterocycles. The summed E-state index contributed by atoms with van der Waals surface area (Å²) < 4.78 is 15.4. The summed E-state index contributed by atoms with van der Waals surface area (Å²) in [6.45, 7) is 1.93. The van der Waals surface area contributed by atoms with E-state index in [-0.39, 0.29) is 30.4 Å². The van der Waals surface area contributed by atoms with Crippen molar-refractivity contribution < 1.29 is 87.5 Å². The number of nitrogen functional groups attached to an aromatic ring is 1. The molecule has 0 aliphatic heterocycles. The van der Waals surface area contributed by atoms with Gasteiger partial charge in [0.25, 0.3) is 0 Å². The Morgan fingerprint density at radius 1 is 0.637 bits per heavy atom. The van der Waals surface area contributed by atoms with Crippen molar-refractivity contribution in [1.29, 1.82) is 0 Å². The van der Waals surface area contributed by atoms with Gasteiger partial charge < -0.3 is 63.6 Å². The summed E-state index contributed by atoms with van der Waals surface area (Å²) in [6.07, 6.45) is -4.33. The van der Waals surface area contributed by atoms with Crippen molar-refractivity contribution in [3.05, 3.63) is 72.0 Å². The predicted molar refractivity (Wildman–Crippen MR) is 283 cm³/mol. The number of nitrogens with one attached hydrogen (secondary N) is 5. The summed E-state index contributed by atoms with van der Waals surface area (Å²) in [5.41, 5.74) is 15.4. The molecule has 0 unspecified atom stereocenters. The van der Waals surface area contributed by atoms with Crippen LogP contribution in [0.5, 0.6) is 0 Å². The lowest BCUT2D eigenvalue weighted by Crippen LogP contribution is -2.41. The highest BCUT2D eigenvalue weighted by Gasteiger charge is 2.30. The number of aryl methyl sites for hydroxylation is 1. The van der Waals surface area contributed by atoms with Crippen LogP contribution < -0.4 is 38.1 Å². The molecule has 1 heterocycles. The van der Waals surface area contributed by atoms with Crippen LogP contribution in [0, 0.1) is 24.6 Å². The lowest BCUT2D eigenvalue weighted by Gasteiger charge is -2.17. The molecule has 80 heavy (non-hydrogen) atoms. The molecule has 0 spiro atoms. The number of hydrogen-bond donors (Lipinski definition) is 12. The van der Waals surface area contributed by atoms with Crippen LogP contribution >= 0.6 is 0 Å². The lowest BCUT2D eigenvalue weighted by molar-refractivity contribution is -0.145. The van der Waals surface area contributed by atoms with Gasteiger partial charge in [0.1, 0.15) is 23.7 Å². The highest BCUT2D eigenvalue weighted by Crippen LogP contribution is 2.33. The number of carboxylic acids is 5. The van der Waals surface area contributed by atoms with Crippen molar-refractivity contribution >= 4 is 99.2 Å². The Kier molecular flexibility index (Phi) is 24.3. The first-order chi connectivity index (χ1) is 37.8. The number of nitrogens with zero attached hydrogens (tertiary/aromatic N) is 2. The van der Waals surface area contributed by atoms with Gasteiger partial charge in [0, 0.05) is 63.6 Å². The van der Waals surface area contributed by atoms with Crippen LogP contribution in [0.15, 0.2) is 60.7 Å². The average Bonchev–Trinajstić information content (AvgIpc) is 3.80. The molecule has 0 radical (unpaired) electrons. The molecule has 4 aromatic rings. The monoisotopic (exact) mass is 1120 g/mol. The van der Waals surface area contributed by atoms with Gasteiger partial charge in [-0.2, -0.15) is 4.68 Å². The number of nitrogens with two attached hydrogens (primary N) is 2. The molecule has 5 amide bonds. The van der Waals surface area contributed by atoms with Crippen molar-refractivity contribution in [3.63, 3.8) is 0 Å². The summed E-state index contributed by atoms with van der Waals surface area (Å²) in [6, 6.07) is 11.2. The number of carbonyl (C=O) groups is 12. The van der Waals surface area contributed by atoms with Crippen LogP contribution in [0.3, 0.4) is 0 Å². The second-order valence-electron chi connectivity index (χ2n) is 19.0. The number of fused-ring (bicyclic) bond motifs is 1. The van der Waals surface area contributed by atoms with Gasteiger partial charge in [0.15, 0.2) is 11.6 Å². The number of urea groups is 1. The minimum atomic E-state index is -1.66. The number of ketones is 2. The molecular formula is C53H64FN9O17. The molecule has 14 N–H and O–H groups in total. The Morgan fingerprint density at radius 3 is 1.82 bits per heavy atom. The van der Waals surface area contributed by atoms with Crippen molar-refractivity contribution in [2.45, 2.75) is 121 Å². The maximum absolute atomic E-state index is 14.1. The summed E-state index contributed by atoms with van der Waals surface area (Å²) in [4.78, 5) is 147. The van der Waals surface area contributed by atoms with Crippen molar-refractivity contribution in [2.24, 2.45) is 17.6 Å². The second-order valence-corrected chi connectivity index (χ2v) is 19.0. The Hall–Kier alpha value is -9.14. The molecule has 1 aromatic heterocycles. The largest absolute Gasteiger partial charge is 0.481 e. The van der Waals surface area contributed by atoms with Crippen molar-refractivity contribution in [1.82, 2.24) is 25.7 Å². The van der Waals surface area contributed by atoms with E-state index >= 15 is 0 Å². The molecule has 3 aromatic carbocycles. The Morgan fingerprint density at radius 2 is 1.24 bits per heavy atom. The fourth-order valence-corrected chi connectivity index (χ4v) is 8.31. The van der Waals surface area contributed by atoms with E-state index in [9.17, 15) is 82.4 Å². The maximum Gasteiger partial charge on any atom is 0.326 e. The lowest BCUT2D eigenvalue weighted by atomic mass is 9.93. The smallest absolute Gasteiger partial charge is 0.326 e. The average molecular weight is 1120 g/mol. The third-order valence-corrected chi connectivity index (χ3v) is 12.7. The van der Waals surface area contributed by atoms with E-state index in [1.54, 1.807) is 49.4 Å². The first-order valence-corrected chi connectivity index (χ1v) is 25.4. The van der Waals surface area contributed by atoms with Crippen LogP contribution in [-0.2, 0) is 47.9 Å². The van der Waals surface area contributed by atoms with Crippen LogP contribution in [0.1, 0.15) is 107 Å². The zero-order valence-electron chi connectivity index (χ0n) is 43.5. The standard InChI is InChI=1S/C53H64FN9O17/c1-28-9-17-35(54)39(24-28)61-53(80)58-32-14-10-29(11-15-32)34-6-5-7-40-47(34)48(56)62-63(40)45(69)8-3-2-4-23-57-44(68)27-36(55)41(65)26-31(50(74)75)13-21-43(67)59-37(51(76)77)18-16-33(64)25-30(49(72)73)12-20-42(66)60-38(52(78)79)19-22-46(70)71/h5-7,9-11,14-15,17,24,30-31,36-38H,2-4,8,12-13,16,18-23,25-27,55H2,1H3,(H2,56,62)(H,57,68)(H,59,67)(H,60,66)(H,70,71)(H,72,73)(H,74,75)(H,76,77)(H,78,79)(H2,58,61,80)/t30-,31-,36+,37+,38+/m1/s1. The van der Waals surface area contributed by atoms with E-state index in [2.05, 4.69) is 31.7 Å². The van der Waals surface area contributed by atoms with E-state index in [0.29, 0.717) is 41.4 Å². The molecule has 0 fully saturated rings. The molecule has 0 bridgehead atoms. The van der Waals surface area contributed by atoms with Crippen molar-refractivity contribution in [2.75, 3.05) is 22.9 Å². The van der Waals surface area contributed by atoms with Gasteiger partial charge >= 0.3 is 35.9 Å². The third kappa shape index (κ3) is 20.3. The number of Topliss-reactive ketones (excluding diaryl/α,β-unsaturated/α-hetero) is 2. The minimum Gasteiger partial charge on any atom is -0.481 e. The first-order valence-electron chi connectivity index (χ1n) is 25.4. The molecule has 430 valence electrons. The van der Waals surface area contributed by atoms with Crippen LogP contribution in [0.25, 0.3) is 22.0 Å². The SMILES string of the molecule is Cc1ccc(F)c(NC(=O)Nc2ccc(-c3cccc4c3c(N)nn4C(=O)CCCCCNC(=O)C[C@H](N)C(=O)C[C@@H](CCC(=O)N[C@@H](CCC(=O)C[C@@H](CCC(=O)N[C@@H](CCC(=O)O)C(=O)O)C(=O)O)C(=O)O)C(=O)O)cc2)c1. The summed E-state index contributed by atoms with van der Waals surface area (Å²) in [7, 11) is 0. The van der Waals surface area contributed by atoms with E-state index < -0.39 is 172 Å². The Bertz CT molecular complexity index is 2960. The zero-order valence-corrected chi connectivity index (χ0v) is 43.5. The van der Waals surface area contributed by atoms with Gasteiger partial charge in [-0.15, -0.1) is 5.10 Å². The maximum atomic E-state index is 14.1. The predicted octanol–water partition coefficient (Wildman–Crippen LogP) is 4.08. The van der Waals surface area contributed by atoms with Gasteiger partial charge in [-0.05, 0) is 92.5 Å².